The molecular formula is C6H4Cl4NO2P. The van der Waals surface area contributed by atoms with Crippen LogP contribution in [0, 0.1) is 10.1 Å². The topological polar surface area (TPSA) is 43.1 Å². The van der Waals surface area contributed by atoms with Gasteiger partial charge in [-0.1, -0.05) is 0 Å². The van der Waals surface area contributed by atoms with Crippen molar-refractivity contribution in [2.75, 3.05) is 0 Å². The number of hydrogen-bond acceptors (Lipinski definition) is 2. The summed E-state index contributed by atoms with van der Waals surface area (Å²) in [6.07, 6.45) is 0. The van der Waals surface area contributed by atoms with Crippen molar-refractivity contribution >= 4 is 60.0 Å². The van der Waals surface area contributed by atoms with Gasteiger partial charge in [-0.3, -0.25) is 0 Å². The van der Waals surface area contributed by atoms with Gasteiger partial charge in [0.05, 0.1) is 0 Å². The molecule has 0 N–H and O–H groups in total. The van der Waals surface area contributed by atoms with E-state index in [1.807, 2.05) is 0 Å². The van der Waals surface area contributed by atoms with Crippen LogP contribution in [-0.2, 0) is 0 Å². The van der Waals surface area contributed by atoms with Gasteiger partial charge in [-0.05, 0) is 0 Å². The Morgan fingerprint density at radius 2 is 1.50 bits per heavy atom. The molecular weight excluding hydrogens is 291 g/mol. The molecule has 78 valence electrons. The molecule has 0 unspecified atom stereocenters. The van der Waals surface area contributed by atoms with Crippen LogP contribution in [0.3, 0.4) is 0 Å². The molecule has 0 aliphatic rings. The van der Waals surface area contributed by atoms with Crippen molar-refractivity contribution in [2.45, 2.75) is 0 Å². The number of nitro groups is 1. The van der Waals surface area contributed by atoms with Gasteiger partial charge in [-0.25, -0.2) is 0 Å². The zero-order valence-corrected chi connectivity index (χ0v) is 10.5. The van der Waals surface area contributed by atoms with Gasteiger partial charge in [0.25, 0.3) is 0 Å². The van der Waals surface area contributed by atoms with E-state index < -0.39 is 8.94 Å². The van der Waals surface area contributed by atoms with Crippen molar-refractivity contribution < 1.29 is 4.92 Å². The second kappa shape index (κ2) is 3.66. The molecule has 0 spiro atoms. The number of rotatable bonds is 2. The van der Waals surface area contributed by atoms with Gasteiger partial charge in [0, 0.05) is 0 Å². The molecule has 0 heterocycles. The molecule has 0 amide bonds. The number of non-ortho nitro benzene ring substituents is 1. The third-order valence-electron chi connectivity index (χ3n) is 1.45. The Kier molecular flexibility index (Phi) is 3.21. The molecule has 0 saturated carbocycles. The number of halogens is 4. The van der Waals surface area contributed by atoms with Crippen molar-refractivity contribution in [3.05, 3.63) is 34.4 Å². The van der Waals surface area contributed by atoms with E-state index in [-0.39, 0.29) is 11.0 Å². The summed E-state index contributed by atoms with van der Waals surface area (Å²) in [6, 6.07) is 5.17. The maximum absolute atomic E-state index is 10.3. The van der Waals surface area contributed by atoms with E-state index in [1.165, 1.54) is 24.3 Å². The van der Waals surface area contributed by atoms with E-state index >= 15 is 0 Å². The first-order valence-corrected chi connectivity index (χ1v) is 9.17. The van der Waals surface area contributed by atoms with Gasteiger partial charge in [0.1, 0.15) is 0 Å². The van der Waals surface area contributed by atoms with E-state index in [0.29, 0.717) is 0 Å². The molecule has 0 aliphatic carbocycles. The quantitative estimate of drug-likeness (QED) is 0.461. The molecule has 0 radical (unpaired) electrons. The van der Waals surface area contributed by atoms with Crippen molar-refractivity contribution in [1.82, 2.24) is 0 Å². The standard InChI is InChI=1S/C6H4Cl4NO2P/c7-14(8,9,10)6-3-1-5(2-4-6)11(12)13/h1-4H. The third-order valence-corrected chi connectivity index (χ3v) is 4.87. The summed E-state index contributed by atoms with van der Waals surface area (Å²) in [5.41, 5.74) is -0.0733. The molecule has 0 atom stereocenters. The second-order valence-corrected chi connectivity index (χ2v) is 15.7. The fourth-order valence-corrected chi connectivity index (χ4v) is 2.75. The monoisotopic (exact) mass is 293 g/mol. The fourth-order valence-electron chi connectivity index (χ4n) is 0.800. The average molecular weight is 295 g/mol. The molecule has 1 aromatic carbocycles. The van der Waals surface area contributed by atoms with Crippen LogP contribution in [0.4, 0.5) is 5.69 Å². The first-order valence-electron chi connectivity index (χ1n) is 3.31. The fraction of sp³-hybridized carbons (Fsp3) is 0. The zero-order chi connectivity index (χ0) is 11.0. The summed E-state index contributed by atoms with van der Waals surface area (Å²) in [4.78, 5) is 9.79. The molecule has 0 fully saturated rings. The summed E-state index contributed by atoms with van der Waals surface area (Å²) in [5.74, 6) is 0. The Morgan fingerprint density at radius 3 is 1.79 bits per heavy atom. The van der Waals surface area contributed by atoms with Crippen molar-refractivity contribution in [2.24, 2.45) is 0 Å². The van der Waals surface area contributed by atoms with Crippen LogP contribution >= 0.6 is 49.0 Å². The van der Waals surface area contributed by atoms with Crippen LogP contribution in [-0.4, -0.2) is 4.92 Å². The van der Waals surface area contributed by atoms with Crippen LogP contribution in [0.15, 0.2) is 24.3 Å². The Balaban J connectivity index is 3.13. The van der Waals surface area contributed by atoms with Crippen molar-refractivity contribution in [3.63, 3.8) is 0 Å². The number of benzene rings is 1. The first kappa shape index (κ1) is 12.3. The molecule has 0 saturated heterocycles. The van der Waals surface area contributed by atoms with E-state index in [0.717, 1.165) is 0 Å². The summed E-state index contributed by atoms with van der Waals surface area (Å²) in [5, 5.41) is 10.6. The molecule has 8 heteroatoms. The van der Waals surface area contributed by atoms with Gasteiger partial charge < -0.3 is 0 Å². The number of hydrogen-bond donors (Lipinski definition) is 0. The molecule has 0 bridgehead atoms. The van der Waals surface area contributed by atoms with Gasteiger partial charge in [-0.15, -0.1) is 0 Å². The summed E-state index contributed by atoms with van der Waals surface area (Å²) in [6.45, 7) is 0. The van der Waals surface area contributed by atoms with Crippen LogP contribution in [0.1, 0.15) is 0 Å². The normalized spacial score (nSPS) is 14.4. The first-order chi connectivity index (χ1) is 6.17. The molecule has 1 aromatic rings. The predicted octanol–water partition coefficient (Wildman–Crippen LogP) is 4.39. The van der Waals surface area contributed by atoms with E-state index in [2.05, 4.69) is 0 Å². The Labute approximate surface area is 99.1 Å². The van der Waals surface area contributed by atoms with Crippen LogP contribution in [0.2, 0.25) is 0 Å². The number of nitro benzene ring substituents is 1. The van der Waals surface area contributed by atoms with E-state index in [4.69, 9.17) is 45.0 Å². The van der Waals surface area contributed by atoms with Crippen LogP contribution < -0.4 is 5.30 Å². The molecule has 0 aromatic heterocycles. The minimum absolute atomic E-state index is 0.0733. The third kappa shape index (κ3) is 3.11. The van der Waals surface area contributed by atoms with Gasteiger partial charge >= 0.3 is 99.3 Å². The molecule has 14 heavy (non-hydrogen) atoms. The zero-order valence-electron chi connectivity index (χ0n) is 6.53. The van der Waals surface area contributed by atoms with Gasteiger partial charge in [0.2, 0.25) is 0 Å². The molecule has 0 aliphatic heterocycles. The van der Waals surface area contributed by atoms with Crippen molar-refractivity contribution in [3.8, 4) is 0 Å². The predicted molar refractivity (Wildman–Crippen MR) is 63.1 cm³/mol. The van der Waals surface area contributed by atoms with Crippen LogP contribution in [0.25, 0.3) is 0 Å². The van der Waals surface area contributed by atoms with Gasteiger partial charge in [-0.2, -0.15) is 0 Å². The SMILES string of the molecule is O=[N+]([O-])c1ccc(P(Cl)(Cl)(Cl)Cl)cc1. The Hall–Kier alpha value is 0.210. The van der Waals surface area contributed by atoms with Crippen LogP contribution in [0.5, 0.6) is 0 Å². The summed E-state index contributed by atoms with van der Waals surface area (Å²) < 4.78 is -3.89. The Morgan fingerprint density at radius 1 is 1.07 bits per heavy atom. The van der Waals surface area contributed by atoms with E-state index in [9.17, 15) is 10.1 Å². The van der Waals surface area contributed by atoms with Gasteiger partial charge in [0.15, 0.2) is 0 Å². The minimum atomic E-state index is -3.89. The second-order valence-electron chi connectivity index (χ2n) is 2.49. The maximum atomic E-state index is 10.3. The van der Waals surface area contributed by atoms with E-state index in [1.54, 1.807) is 0 Å². The average Bonchev–Trinajstić information content (AvgIpc) is 2.01. The summed E-state index contributed by atoms with van der Waals surface area (Å²) in [7, 11) is 0. The molecule has 1 rings (SSSR count). The number of nitrogens with zero attached hydrogens (tertiary/aromatic N) is 1. The Bertz CT molecular complexity index is 362. The summed E-state index contributed by atoms with van der Waals surface area (Å²) >= 11 is 22.8. The van der Waals surface area contributed by atoms with Crippen molar-refractivity contribution in [1.29, 1.82) is 0 Å². The molecule has 3 nitrogen and oxygen atoms in total.